The molecule has 0 spiro atoms. The molecule has 0 heterocycles. The van der Waals surface area contributed by atoms with E-state index in [0.717, 1.165) is 0 Å². The Labute approximate surface area is 79.7 Å². The molecule has 1 atom stereocenters. The van der Waals surface area contributed by atoms with Gasteiger partial charge in [0, 0.05) is 12.1 Å². The van der Waals surface area contributed by atoms with E-state index in [-0.39, 0.29) is 0 Å². The summed E-state index contributed by atoms with van der Waals surface area (Å²) < 4.78 is 38.3. The van der Waals surface area contributed by atoms with Gasteiger partial charge in [-0.2, -0.15) is 0 Å². The maximum Gasteiger partial charge on any atom is 0.144 e. The molecular weight excluding hydrogens is 191 g/mol. The predicted molar refractivity (Wildman–Crippen MR) is 46.8 cm³/mol. The highest BCUT2D eigenvalue weighted by Gasteiger charge is 2.08. The van der Waals surface area contributed by atoms with Gasteiger partial charge in [-0.05, 0) is 6.92 Å². The zero-order valence-corrected chi connectivity index (χ0v) is 7.44. The molecule has 74 valence electrons. The maximum atomic E-state index is 12.9. The van der Waals surface area contributed by atoms with Crippen molar-refractivity contribution in [1.82, 2.24) is 0 Å². The number of hydrogen-bond donors (Lipinski definition) is 1. The lowest BCUT2D eigenvalue weighted by Crippen LogP contribution is -2.11. The van der Waals surface area contributed by atoms with E-state index in [4.69, 9.17) is 5.73 Å². The molecule has 0 radical (unpaired) electrons. The smallest absolute Gasteiger partial charge is 0.144 e. The minimum atomic E-state index is -1.02. The summed E-state index contributed by atoms with van der Waals surface area (Å²) >= 11 is 0. The molecule has 14 heavy (non-hydrogen) atoms. The van der Waals surface area contributed by atoms with Crippen LogP contribution in [0.1, 0.15) is 12.5 Å². The van der Waals surface area contributed by atoms with E-state index in [1.54, 1.807) is 6.92 Å². The third-order valence-corrected chi connectivity index (χ3v) is 1.43. The number of rotatable bonds is 0. The van der Waals surface area contributed by atoms with Crippen LogP contribution in [-0.2, 0) is 0 Å². The Morgan fingerprint density at radius 3 is 2.14 bits per heavy atom. The van der Waals surface area contributed by atoms with Crippen LogP contribution >= 0.6 is 0 Å². The van der Waals surface area contributed by atoms with Crippen molar-refractivity contribution in [2.75, 3.05) is 0 Å². The Hall–Kier alpha value is -1.47. The van der Waals surface area contributed by atoms with E-state index in [0.29, 0.717) is 12.1 Å². The first kappa shape index (κ1) is 10.6. The van der Waals surface area contributed by atoms with E-state index in [2.05, 4.69) is 11.8 Å². The van der Waals surface area contributed by atoms with Crippen molar-refractivity contribution in [3.8, 4) is 11.8 Å². The minimum absolute atomic E-state index is 0.455. The molecule has 1 aromatic rings. The molecule has 0 amide bonds. The average molecular weight is 199 g/mol. The first-order valence-electron chi connectivity index (χ1n) is 3.92. The molecule has 4 heteroatoms. The highest BCUT2D eigenvalue weighted by molar-refractivity contribution is 5.37. The minimum Gasteiger partial charge on any atom is -0.318 e. The second-order valence-electron chi connectivity index (χ2n) is 2.80. The first-order valence-corrected chi connectivity index (χ1v) is 3.92. The largest absolute Gasteiger partial charge is 0.318 e. The molecule has 0 aromatic heterocycles. The summed E-state index contributed by atoms with van der Waals surface area (Å²) in [6.45, 7) is 1.58. The number of nitrogens with two attached hydrogens (primary N) is 1. The lowest BCUT2D eigenvalue weighted by Gasteiger charge is -1.97. The maximum absolute atomic E-state index is 12.9. The Kier molecular flexibility index (Phi) is 3.15. The molecule has 1 aromatic carbocycles. The van der Waals surface area contributed by atoms with Crippen LogP contribution in [0.3, 0.4) is 0 Å². The fourth-order valence-electron chi connectivity index (χ4n) is 0.848. The first-order chi connectivity index (χ1) is 6.50. The summed E-state index contributed by atoms with van der Waals surface area (Å²) in [7, 11) is 0. The second kappa shape index (κ2) is 4.16. The molecular formula is C10H8F3N. The van der Waals surface area contributed by atoms with Crippen LogP contribution in [0.2, 0.25) is 0 Å². The third kappa shape index (κ3) is 2.51. The van der Waals surface area contributed by atoms with Gasteiger partial charge in [0.15, 0.2) is 0 Å². The van der Waals surface area contributed by atoms with Crippen molar-refractivity contribution in [3.05, 3.63) is 35.1 Å². The van der Waals surface area contributed by atoms with Gasteiger partial charge in [0.2, 0.25) is 0 Å². The van der Waals surface area contributed by atoms with Gasteiger partial charge in [0.1, 0.15) is 17.5 Å². The van der Waals surface area contributed by atoms with Crippen LogP contribution < -0.4 is 5.73 Å². The Balaban J connectivity index is 3.17. The highest BCUT2D eigenvalue weighted by Crippen LogP contribution is 2.13. The van der Waals surface area contributed by atoms with Crippen LogP contribution in [0, 0.1) is 29.3 Å². The van der Waals surface area contributed by atoms with E-state index < -0.39 is 29.1 Å². The van der Waals surface area contributed by atoms with Gasteiger partial charge in [0.05, 0.1) is 11.6 Å². The summed E-state index contributed by atoms with van der Waals surface area (Å²) in [6.07, 6.45) is 0. The Bertz CT molecular complexity index is 379. The molecule has 0 bridgehead atoms. The molecule has 1 nitrogen and oxygen atoms in total. The lowest BCUT2D eigenvalue weighted by molar-refractivity contribution is 0.539. The van der Waals surface area contributed by atoms with Gasteiger partial charge in [-0.3, -0.25) is 0 Å². The quantitative estimate of drug-likeness (QED) is 0.633. The molecule has 0 saturated carbocycles. The molecule has 1 unspecified atom stereocenters. The lowest BCUT2D eigenvalue weighted by atomic mass is 10.2. The molecule has 0 aliphatic carbocycles. The summed E-state index contributed by atoms with van der Waals surface area (Å²) in [6, 6.07) is 0.668. The van der Waals surface area contributed by atoms with Crippen LogP contribution in [-0.4, -0.2) is 6.04 Å². The summed E-state index contributed by atoms with van der Waals surface area (Å²) in [4.78, 5) is 0. The fraction of sp³-hybridized carbons (Fsp3) is 0.200. The standard InChI is InChI=1S/C10H8F3N/c1-6(14)2-3-8-9(12)4-7(11)5-10(8)13/h4-6H,14H2,1H3. The molecule has 0 saturated heterocycles. The number of halogens is 3. The number of hydrogen-bond acceptors (Lipinski definition) is 1. The van der Waals surface area contributed by atoms with Crippen LogP contribution in [0.15, 0.2) is 12.1 Å². The Morgan fingerprint density at radius 2 is 1.71 bits per heavy atom. The van der Waals surface area contributed by atoms with E-state index in [1.165, 1.54) is 0 Å². The molecule has 0 aliphatic rings. The Morgan fingerprint density at radius 1 is 1.21 bits per heavy atom. The van der Waals surface area contributed by atoms with Gasteiger partial charge in [-0.1, -0.05) is 11.8 Å². The third-order valence-electron chi connectivity index (χ3n) is 1.43. The molecule has 0 aliphatic heterocycles. The van der Waals surface area contributed by atoms with Gasteiger partial charge < -0.3 is 5.73 Å². The van der Waals surface area contributed by atoms with Gasteiger partial charge in [-0.25, -0.2) is 13.2 Å². The van der Waals surface area contributed by atoms with Crippen LogP contribution in [0.25, 0.3) is 0 Å². The van der Waals surface area contributed by atoms with Crippen molar-refractivity contribution in [2.24, 2.45) is 5.73 Å². The van der Waals surface area contributed by atoms with Gasteiger partial charge >= 0.3 is 0 Å². The van der Waals surface area contributed by atoms with Crippen molar-refractivity contribution in [3.63, 3.8) is 0 Å². The highest BCUT2D eigenvalue weighted by atomic mass is 19.1. The topological polar surface area (TPSA) is 26.0 Å². The van der Waals surface area contributed by atoms with E-state index >= 15 is 0 Å². The second-order valence-corrected chi connectivity index (χ2v) is 2.80. The fourth-order valence-corrected chi connectivity index (χ4v) is 0.848. The zero-order chi connectivity index (χ0) is 10.7. The molecule has 1 rings (SSSR count). The predicted octanol–water partition coefficient (Wildman–Crippen LogP) is 1.80. The van der Waals surface area contributed by atoms with Gasteiger partial charge in [0.25, 0.3) is 0 Å². The van der Waals surface area contributed by atoms with Crippen LogP contribution in [0.5, 0.6) is 0 Å². The van der Waals surface area contributed by atoms with Crippen molar-refractivity contribution < 1.29 is 13.2 Å². The van der Waals surface area contributed by atoms with E-state index in [9.17, 15) is 13.2 Å². The monoisotopic (exact) mass is 199 g/mol. The molecule has 2 N–H and O–H groups in total. The molecule has 0 fully saturated rings. The van der Waals surface area contributed by atoms with Crippen molar-refractivity contribution in [1.29, 1.82) is 0 Å². The average Bonchev–Trinajstić information content (AvgIpc) is 2.01. The summed E-state index contributed by atoms with van der Waals surface area (Å²) in [5.41, 5.74) is 4.82. The number of benzene rings is 1. The van der Waals surface area contributed by atoms with Crippen LogP contribution in [0.4, 0.5) is 13.2 Å². The van der Waals surface area contributed by atoms with Crippen molar-refractivity contribution in [2.45, 2.75) is 13.0 Å². The summed E-state index contributed by atoms with van der Waals surface area (Å²) in [5, 5.41) is 0. The van der Waals surface area contributed by atoms with Gasteiger partial charge in [-0.15, -0.1) is 0 Å². The summed E-state index contributed by atoms with van der Waals surface area (Å²) in [5.74, 6) is 1.60. The van der Waals surface area contributed by atoms with Crippen molar-refractivity contribution >= 4 is 0 Å². The zero-order valence-electron chi connectivity index (χ0n) is 7.44. The normalized spacial score (nSPS) is 11.8. The van der Waals surface area contributed by atoms with E-state index in [1.807, 2.05) is 0 Å². The SMILES string of the molecule is CC(N)C#Cc1c(F)cc(F)cc1F.